The van der Waals surface area contributed by atoms with E-state index >= 15 is 0 Å². The molecule has 0 unspecified atom stereocenters. The van der Waals surface area contributed by atoms with Crippen LogP contribution in [0, 0.1) is 0 Å². The first-order valence-corrected chi connectivity index (χ1v) is 7.40. The number of benzene rings is 1. The highest BCUT2D eigenvalue weighted by atomic mass is 16.2. The second kappa shape index (κ2) is 6.75. The van der Waals surface area contributed by atoms with Gasteiger partial charge in [0.1, 0.15) is 0 Å². The van der Waals surface area contributed by atoms with Crippen LogP contribution in [0.15, 0.2) is 24.3 Å². The van der Waals surface area contributed by atoms with Gasteiger partial charge in [0, 0.05) is 11.7 Å². The Balaban J connectivity index is 1.82. The van der Waals surface area contributed by atoms with Crippen LogP contribution in [0.25, 0.3) is 0 Å². The van der Waals surface area contributed by atoms with Crippen LogP contribution < -0.4 is 10.6 Å². The number of urea groups is 1. The van der Waals surface area contributed by atoms with Crippen molar-refractivity contribution in [3.8, 4) is 0 Å². The van der Waals surface area contributed by atoms with Crippen LogP contribution in [0.1, 0.15) is 38.2 Å². The average Bonchev–Trinajstić information content (AvgIpc) is 2.42. The van der Waals surface area contributed by atoms with Crippen molar-refractivity contribution in [1.29, 1.82) is 0 Å². The monoisotopic (exact) mass is 275 g/mol. The molecule has 1 aliphatic heterocycles. The maximum absolute atomic E-state index is 11.9. The molecule has 0 bridgehead atoms. The van der Waals surface area contributed by atoms with Gasteiger partial charge in [0.05, 0.1) is 0 Å². The van der Waals surface area contributed by atoms with E-state index in [2.05, 4.69) is 48.6 Å². The maximum atomic E-state index is 11.9. The Hall–Kier alpha value is -1.55. The Morgan fingerprint density at radius 2 is 1.80 bits per heavy atom. The minimum absolute atomic E-state index is 0.100. The van der Waals surface area contributed by atoms with E-state index in [9.17, 15) is 4.79 Å². The van der Waals surface area contributed by atoms with Gasteiger partial charge in [-0.3, -0.25) is 0 Å². The Labute approximate surface area is 121 Å². The summed E-state index contributed by atoms with van der Waals surface area (Å²) in [5.41, 5.74) is 2.13. The van der Waals surface area contributed by atoms with Crippen molar-refractivity contribution in [1.82, 2.24) is 10.2 Å². The lowest BCUT2D eigenvalue weighted by atomic mass is 10.0. The second-order valence-electron chi connectivity index (χ2n) is 5.95. The van der Waals surface area contributed by atoms with Crippen LogP contribution in [0.2, 0.25) is 0 Å². The van der Waals surface area contributed by atoms with E-state index in [4.69, 9.17) is 0 Å². The molecule has 20 heavy (non-hydrogen) atoms. The predicted octanol–water partition coefficient (Wildman–Crippen LogP) is 3.03. The van der Waals surface area contributed by atoms with Crippen molar-refractivity contribution in [3.05, 3.63) is 29.8 Å². The zero-order valence-electron chi connectivity index (χ0n) is 12.6. The van der Waals surface area contributed by atoms with Gasteiger partial charge in [-0.1, -0.05) is 26.0 Å². The standard InChI is InChI=1S/C16H25N3O/c1-12(2)13-4-6-14(7-5-13)17-16(20)18-15-8-10-19(3)11-9-15/h4-7,12,15H,8-11H2,1-3H3,(H2,17,18,20). The number of likely N-dealkylation sites (tertiary alicyclic amines) is 1. The molecule has 0 aromatic heterocycles. The fourth-order valence-electron chi connectivity index (χ4n) is 2.46. The van der Waals surface area contributed by atoms with Crippen molar-refractivity contribution < 1.29 is 4.79 Å². The number of rotatable bonds is 3. The smallest absolute Gasteiger partial charge is 0.319 e. The summed E-state index contributed by atoms with van der Waals surface area (Å²) in [6, 6.07) is 8.25. The maximum Gasteiger partial charge on any atom is 0.319 e. The van der Waals surface area contributed by atoms with Gasteiger partial charge in [-0.2, -0.15) is 0 Å². The van der Waals surface area contributed by atoms with Crippen molar-refractivity contribution >= 4 is 11.7 Å². The molecule has 0 atom stereocenters. The number of carbonyl (C=O) groups excluding carboxylic acids is 1. The van der Waals surface area contributed by atoms with Gasteiger partial charge in [-0.25, -0.2) is 4.79 Å². The van der Waals surface area contributed by atoms with E-state index in [0.29, 0.717) is 12.0 Å². The molecule has 110 valence electrons. The highest BCUT2D eigenvalue weighted by molar-refractivity contribution is 5.89. The molecule has 4 heteroatoms. The van der Waals surface area contributed by atoms with Crippen molar-refractivity contribution in [2.45, 2.75) is 38.6 Å². The molecule has 1 heterocycles. The van der Waals surface area contributed by atoms with Crippen molar-refractivity contribution in [2.75, 3.05) is 25.5 Å². The fraction of sp³-hybridized carbons (Fsp3) is 0.562. The molecule has 1 aromatic rings. The number of carbonyl (C=O) groups is 1. The van der Waals surface area contributed by atoms with Gasteiger partial charge >= 0.3 is 6.03 Å². The number of anilines is 1. The van der Waals surface area contributed by atoms with Gasteiger partial charge in [0.25, 0.3) is 0 Å². The van der Waals surface area contributed by atoms with Gasteiger partial charge in [0.2, 0.25) is 0 Å². The van der Waals surface area contributed by atoms with Crippen LogP contribution in [-0.4, -0.2) is 37.1 Å². The van der Waals surface area contributed by atoms with Crippen LogP contribution >= 0.6 is 0 Å². The molecule has 2 N–H and O–H groups in total. The zero-order valence-corrected chi connectivity index (χ0v) is 12.6. The van der Waals surface area contributed by atoms with Gasteiger partial charge < -0.3 is 15.5 Å². The molecule has 1 aliphatic rings. The van der Waals surface area contributed by atoms with Crippen LogP contribution in [0.3, 0.4) is 0 Å². The largest absolute Gasteiger partial charge is 0.335 e. The van der Waals surface area contributed by atoms with Crippen molar-refractivity contribution in [3.63, 3.8) is 0 Å². The molecule has 0 saturated carbocycles. The minimum atomic E-state index is -0.100. The highest BCUT2D eigenvalue weighted by Gasteiger charge is 2.18. The Bertz CT molecular complexity index is 434. The third-order valence-electron chi connectivity index (χ3n) is 3.89. The number of piperidine rings is 1. The van der Waals surface area contributed by atoms with E-state index in [1.54, 1.807) is 0 Å². The molecule has 0 aliphatic carbocycles. The van der Waals surface area contributed by atoms with E-state index in [1.807, 2.05) is 12.1 Å². The number of hydrogen-bond donors (Lipinski definition) is 2. The lowest BCUT2D eigenvalue weighted by molar-refractivity contribution is 0.221. The SMILES string of the molecule is CC(C)c1ccc(NC(=O)NC2CCN(C)CC2)cc1. The molecular weight excluding hydrogens is 250 g/mol. The van der Waals surface area contributed by atoms with E-state index in [1.165, 1.54) is 5.56 Å². The number of amides is 2. The number of nitrogens with one attached hydrogen (secondary N) is 2. The zero-order chi connectivity index (χ0) is 14.5. The summed E-state index contributed by atoms with van der Waals surface area (Å²) in [5, 5.41) is 5.95. The summed E-state index contributed by atoms with van der Waals surface area (Å²) >= 11 is 0. The Kier molecular flexibility index (Phi) is 5.01. The quantitative estimate of drug-likeness (QED) is 0.890. The molecule has 1 aromatic carbocycles. The molecule has 0 radical (unpaired) electrons. The predicted molar refractivity (Wildman–Crippen MR) is 83.2 cm³/mol. The summed E-state index contributed by atoms with van der Waals surface area (Å²) in [5.74, 6) is 0.511. The van der Waals surface area contributed by atoms with E-state index in [0.717, 1.165) is 31.6 Å². The van der Waals surface area contributed by atoms with E-state index in [-0.39, 0.29) is 6.03 Å². The summed E-state index contributed by atoms with van der Waals surface area (Å²) in [6.07, 6.45) is 2.05. The molecule has 1 saturated heterocycles. The third-order valence-corrected chi connectivity index (χ3v) is 3.89. The molecule has 4 nitrogen and oxygen atoms in total. The number of nitrogens with zero attached hydrogens (tertiary/aromatic N) is 1. The molecule has 0 spiro atoms. The lowest BCUT2D eigenvalue weighted by Crippen LogP contribution is -2.44. The Morgan fingerprint density at radius 1 is 1.20 bits per heavy atom. The van der Waals surface area contributed by atoms with Gasteiger partial charge in [-0.15, -0.1) is 0 Å². The first kappa shape index (κ1) is 14.9. The highest BCUT2D eigenvalue weighted by Crippen LogP contribution is 2.17. The summed E-state index contributed by atoms with van der Waals surface area (Å²) in [7, 11) is 2.12. The average molecular weight is 275 g/mol. The lowest BCUT2D eigenvalue weighted by Gasteiger charge is -2.29. The van der Waals surface area contributed by atoms with Crippen LogP contribution in [0.4, 0.5) is 10.5 Å². The van der Waals surface area contributed by atoms with Crippen LogP contribution in [0.5, 0.6) is 0 Å². The Morgan fingerprint density at radius 3 is 2.35 bits per heavy atom. The minimum Gasteiger partial charge on any atom is -0.335 e. The van der Waals surface area contributed by atoms with Gasteiger partial charge in [0.15, 0.2) is 0 Å². The molecular formula is C16H25N3O. The summed E-state index contributed by atoms with van der Waals surface area (Å²) < 4.78 is 0. The fourth-order valence-corrected chi connectivity index (χ4v) is 2.46. The second-order valence-corrected chi connectivity index (χ2v) is 5.95. The van der Waals surface area contributed by atoms with Crippen molar-refractivity contribution in [2.24, 2.45) is 0 Å². The van der Waals surface area contributed by atoms with Gasteiger partial charge in [-0.05, 0) is 56.6 Å². The molecule has 2 amide bonds. The van der Waals surface area contributed by atoms with Crippen LogP contribution in [-0.2, 0) is 0 Å². The van der Waals surface area contributed by atoms with E-state index < -0.39 is 0 Å². The normalized spacial score (nSPS) is 17.2. The third kappa shape index (κ3) is 4.23. The first-order chi connectivity index (χ1) is 9.54. The number of hydrogen-bond acceptors (Lipinski definition) is 2. The first-order valence-electron chi connectivity index (χ1n) is 7.40. The summed E-state index contributed by atoms with van der Waals surface area (Å²) in [4.78, 5) is 14.2. The molecule has 2 rings (SSSR count). The summed E-state index contributed by atoms with van der Waals surface area (Å²) in [6.45, 7) is 6.42. The molecule has 1 fully saturated rings. The topological polar surface area (TPSA) is 44.4 Å².